The number of hydrogen-bond donors (Lipinski definition) is 2. The highest BCUT2D eigenvalue weighted by molar-refractivity contribution is 7.19. The Hall–Kier alpha value is -2.54. The Balaban J connectivity index is 2.35. The number of carbonyl (C=O) groups is 2. The van der Waals surface area contributed by atoms with Gasteiger partial charge in [-0.2, -0.15) is 0 Å². The van der Waals surface area contributed by atoms with Crippen LogP contribution in [-0.2, 0) is 11.3 Å². The predicted octanol–water partition coefficient (Wildman–Crippen LogP) is 2.82. The molecule has 0 fully saturated rings. The van der Waals surface area contributed by atoms with Crippen LogP contribution in [0, 0.1) is 0 Å². The Bertz CT molecular complexity index is 726. The number of anilines is 2. The molecule has 0 aliphatic carbocycles. The van der Waals surface area contributed by atoms with E-state index >= 15 is 0 Å². The van der Waals surface area contributed by atoms with E-state index in [0.717, 1.165) is 5.56 Å². The Morgan fingerprint density at radius 3 is 2.50 bits per heavy atom. The molecule has 2 aromatic rings. The third-order valence-electron chi connectivity index (χ3n) is 3.32. The van der Waals surface area contributed by atoms with Crippen molar-refractivity contribution in [2.24, 2.45) is 0 Å². The Kier molecular flexibility index (Phi) is 5.81. The van der Waals surface area contributed by atoms with Crippen LogP contribution >= 0.6 is 11.3 Å². The van der Waals surface area contributed by atoms with E-state index in [9.17, 15) is 9.59 Å². The van der Waals surface area contributed by atoms with Crippen molar-refractivity contribution in [3.8, 4) is 0 Å². The number of nitrogens with two attached hydrogens (primary N) is 1. The molecule has 7 heteroatoms. The van der Waals surface area contributed by atoms with Gasteiger partial charge in [0, 0.05) is 20.6 Å². The SMILES string of the molecule is CCOC(=O)c1c(NCc2ccccc2)sc(C(=O)N(C)C)c1N. The van der Waals surface area contributed by atoms with Crippen molar-refractivity contribution in [2.45, 2.75) is 13.5 Å². The molecule has 2 rings (SSSR count). The van der Waals surface area contributed by atoms with E-state index in [1.54, 1.807) is 21.0 Å². The number of thiophene rings is 1. The van der Waals surface area contributed by atoms with Gasteiger partial charge in [0.2, 0.25) is 0 Å². The molecule has 0 bridgehead atoms. The van der Waals surface area contributed by atoms with E-state index in [4.69, 9.17) is 10.5 Å². The van der Waals surface area contributed by atoms with E-state index in [1.807, 2.05) is 30.3 Å². The van der Waals surface area contributed by atoms with Crippen LogP contribution < -0.4 is 11.1 Å². The lowest BCUT2D eigenvalue weighted by Crippen LogP contribution is -2.21. The van der Waals surface area contributed by atoms with Gasteiger partial charge in [-0.3, -0.25) is 4.79 Å². The minimum atomic E-state index is -0.528. The standard InChI is InChI=1S/C17H21N3O3S/c1-4-23-17(22)12-13(18)14(16(21)20(2)3)24-15(12)19-10-11-8-6-5-7-9-11/h5-9,19H,4,10,18H2,1-3H3. The summed E-state index contributed by atoms with van der Waals surface area (Å²) in [6.07, 6.45) is 0. The van der Waals surface area contributed by atoms with Crippen molar-refractivity contribution in [3.05, 3.63) is 46.3 Å². The van der Waals surface area contributed by atoms with Crippen molar-refractivity contribution in [1.29, 1.82) is 0 Å². The van der Waals surface area contributed by atoms with Gasteiger partial charge < -0.3 is 20.7 Å². The van der Waals surface area contributed by atoms with Gasteiger partial charge in [0.15, 0.2) is 0 Å². The summed E-state index contributed by atoms with van der Waals surface area (Å²) in [6.45, 7) is 2.48. The van der Waals surface area contributed by atoms with Crippen LogP contribution in [0.2, 0.25) is 0 Å². The molecule has 1 aromatic heterocycles. The summed E-state index contributed by atoms with van der Waals surface area (Å²) in [4.78, 5) is 26.3. The fourth-order valence-corrected chi connectivity index (χ4v) is 3.24. The van der Waals surface area contributed by atoms with Gasteiger partial charge in [-0.1, -0.05) is 30.3 Å². The number of hydrogen-bond acceptors (Lipinski definition) is 6. The van der Waals surface area contributed by atoms with Crippen molar-refractivity contribution >= 4 is 33.9 Å². The Morgan fingerprint density at radius 1 is 1.25 bits per heavy atom. The molecule has 0 spiro atoms. The molecular weight excluding hydrogens is 326 g/mol. The Labute approximate surface area is 145 Å². The van der Waals surface area contributed by atoms with Crippen LogP contribution in [0.15, 0.2) is 30.3 Å². The first-order valence-electron chi connectivity index (χ1n) is 7.54. The van der Waals surface area contributed by atoms with Gasteiger partial charge in [-0.25, -0.2) is 4.79 Å². The topological polar surface area (TPSA) is 84.7 Å². The number of rotatable bonds is 6. The maximum absolute atomic E-state index is 12.3. The van der Waals surface area contributed by atoms with Crippen LogP contribution in [0.3, 0.4) is 0 Å². The van der Waals surface area contributed by atoms with Crippen LogP contribution in [0.5, 0.6) is 0 Å². The van der Waals surface area contributed by atoms with E-state index in [2.05, 4.69) is 5.32 Å². The molecule has 0 aliphatic heterocycles. The fraction of sp³-hybridized carbons (Fsp3) is 0.294. The van der Waals surface area contributed by atoms with Crippen LogP contribution in [0.25, 0.3) is 0 Å². The van der Waals surface area contributed by atoms with Gasteiger partial charge >= 0.3 is 5.97 Å². The van der Waals surface area contributed by atoms with Crippen molar-refractivity contribution in [2.75, 3.05) is 31.8 Å². The van der Waals surface area contributed by atoms with E-state index < -0.39 is 5.97 Å². The first kappa shape index (κ1) is 17.8. The molecule has 0 atom stereocenters. The molecule has 1 amide bonds. The lowest BCUT2D eigenvalue weighted by atomic mass is 10.2. The van der Waals surface area contributed by atoms with Gasteiger partial charge in [0.25, 0.3) is 5.91 Å². The fourth-order valence-electron chi connectivity index (χ4n) is 2.11. The molecule has 1 aromatic carbocycles. The number of esters is 1. The van der Waals surface area contributed by atoms with E-state index in [-0.39, 0.29) is 23.8 Å². The van der Waals surface area contributed by atoms with Crippen molar-refractivity contribution in [1.82, 2.24) is 4.90 Å². The minimum Gasteiger partial charge on any atom is -0.462 e. The zero-order valence-electron chi connectivity index (χ0n) is 14.0. The molecule has 1 heterocycles. The first-order valence-corrected chi connectivity index (χ1v) is 8.36. The van der Waals surface area contributed by atoms with E-state index in [1.165, 1.54) is 16.2 Å². The average Bonchev–Trinajstić information content (AvgIpc) is 2.89. The zero-order valence-corrected chi connectivity index (χ0v) is 14.8. The van der Waals surface area contributed by atoms with Gasteiger partial charge in [-0.15, -0.1) is 11.3 Å². The third-order valence-corrected chi connectivity index (χ3v) is 4.47. The summed E-state index contributed by atoms with van der Waals surface area (Å²) < 4.78 is 5.08. The molecule has 0 aliphatic rings. The molecule has 6 nitrogen and oxygen atoms in total. The number of nitrogen functional groups attached to an aromatic ring is 1. The number of nitrogens with one attached hydrogen (secondary N) is 1. The molecular formula is C17H21N3O3S. The maximum Gasteiger partial charge on any atom is 0.343 e. The van der Waals surface area contributed by atoms with Gasteiger partial charge in [-0.05, 0) is 12.5 Å². The first-order chi connectivity index (χ1) is 11.5. The summed E-state index contributed by atoms with van der Waals surface area (Å²) in [7, 11) is 3.28. The van der Waals surface area contributed by atoms with E-state index in [0.29, 0.717) is 16.4 Å². The maximum atomic E-state index is 12.3. The molecule has 24 heavy (non-hydrogen) atoms. The summed E-state index contributed by atoms with van der Waals surface area (Å²) in [6, 6.07) is 9.75. The highest BCUT2D eigenvalue weighted by Crippen LogP contribution is 2.37. The largest absolute Gasteiger partial charge is 0.462 e. The normalized spacial score (nSPS) is 10.3. The molecule has 3 N–H and O–H groups in total. The van der Waals surface area contributed by atoms with Crippen LogP contribution in [-0.4, -0.2) is 37.5 Å². The van der Waals surface area contributed by atoms with Gasteiger partial charge in [0.05, 0.1) is 12.3 Å². The number of nitrogens with zero attached hydrogens (tertiary/aromatic N) is 1. The molecule has 0 unspecified atom stereocenters. The number of amides is 1. The molecule has 128 valence electrons. The summed E-state index contributed by atoms with van der Waals surface area (Å²) in [5, 5.41) is 3.73. The molecule has 0 radical (unpaired) electrons. The number of ether oxygens (including phenoxy) is 1. The zero-order chi connectivity index (χ0) is 17.7. The van der Waals surface area contributed by atoms with Crippen molar-refractivity contribution < 1.29 is 14.3 Å². The Morgan fingerprint density at radius 2 is 1.92 bits per heavy atom. The smallest absolute Gasteiger partial charge is 0.343 e. The summed E-state index contributed by atoms with van der Waals surface area (Å²) in [5.41, 5.74) is 7.51. The molecule has 0 saturated carbocycles. The lowest BCUT2D eigenvalue weighted by molar-refractivity contribution is 0.0529. The molecule has 0 saturated heterocycles. The second kappa shape index (κ2) is 7.83. The van der Waals surface area contributed by atoms with Crippen molar-refractivity contribution in [3.63, 3.8) is 0 Å². The van der Waals surface area contributed by atoms with Crippen LogP contribution in [0.1, 0.15) is 32.5 Å². The second-order valence-electron chi connectivity index (χ2n) is 5.31. The average molecular weight is 347 g/mol. The van der Waals surface area contributed by atoms with Crippen LogP contribution in [0.4, 0.5) is 10.7 Å². The highest BCUT2D eigenvalue weighted by Gasteiger charge is 2.27. The summed E-state index contributed by atoms with van der Waals surface area (Å²) in [5.74, 6) is -0.768. The second-order valence-corrected chi connectivity index (χ2v) is 6.33. The minimum absolute atomic E-state index is 0.160. The lowest BCUT2D eigenvalue weighted by Gasteiger charge is -2.09. The number of carbonyl (C=O) groups excluding carboxylic acids is 2. The number of benzene rings is 1. The van der Waals surface area contributed by atoms with Gasteiger partial charge in [0.1, 0.15) is 15.4 Å². The quantitative estimate of drug-likeness (QED) is 0.785. The summed E-state index contributed by atoms with van der Waals surface area (Å²) >= 11 is 1.17. The predicted molar refractivity (Wildman–Crippen MR) is 96.5 cm³/mol. The monoisotopic (exact) mass is 347 g/mol. The highest BCUT2D eigenvalue weighted by atomic mass is 32.1. The third kappa shape index (κ3) is 3.86.